The van der Waals surface area contributed by atoms with Crippen LogP contribution in [0.2, 0.25) is 0 Å². The van der Waals surface area contributed by atoms with Gasteiger partial charge in [0.2, 0.25) is 5.06 Å². The Kier molecular flexibility index (Phi) is 3.42. The molecule has 1 aromatic carbocycles. The van der Waals surface area contributed by atoms with Gasteiger partial charge in [0.1, 0.15) is 11.6 Å². The van der Waals surface area contributed by atoms with Gasteiger partial charge in [-0.15, -0.1) is 0 Å². The van der Waals surface area contributed by atoms with Crippen LogP contribution >= 0.6 is 11.3 Å². The maximum Gasteiger partial charge on any atom is 0.340 e. The van der Waals surface area contributed by atoms with E-state index in [0.717, 1.165) is 17.4 Å². The number of ether oxygens (including phenoxy) is 2. The number of methoxy groups -OCH3 is 1. The minimum Gasteiger partial charge on any atom is -0.465 e. The number of hydrogen-bond acceptors (Lipinski definition) is 6. The minimum absolute atomic E-state index is 0.145. The molecule has 0 spiro atoms. The lowest BCUT2D eigenvalue weighted by Gasteiger charge is -2.04. The largest absolute Gasteiger partial charge is 0.465 e. The van der Waals surface area contributed by atoms with E-state index < -0.39 is 11.8 Å². The lowest BCUT2D eigenvalue weighted by Crippen LogP contribution is -2.04. The van der Waals surface area contributed by atoms with Crippen molar-refractivity contribution in [2.75, 3.05) is 12.8 Å². The number of nitrogen functional groups attached to an aromatic ring is 1. The molecule has 0 fully saturated rings. The van der Waals surface area contributed by atoms with E-state index in [1.165, 1.54) is 25.4 Å². The van der Waals surface area contributed by atoms with E-state index in [-0.39, 0.29) is 11.3 Å². The third kappa shape index (κ3) is 2.57. The van der Waals surface area contributed by atoms with Crippen LogP contribution in [-0.2, 0) is 4.74 Å². The van der Waals surface area contributed by atoms with Gasteiger partial charge in [-0.1, -0.05) is 11.3 Å². The van der Waals surface area contributed by atoms with Crippen molar-refractivity contribution in [3.05, 3.63) is 35.8 Å². The van der Waals surface area contributed by atoms with Crippen LogP contribution in [0.25, 0.3) is 0 Å². The van der Waals surface area contributed by atoms with E-state index in [1.807, 2.05) is 0 Å². The number of nitrogens with zero attached hydrogens (tertiary/aromatic N) is 1. The minimum atomic E-state index is -0.735. The zero-order valence-corrected chi connectivity index (χ0v) is 10.2. The van der Waals surface area contributed by atoms with Crippen molar-refractivity contribution in [2.24, 2.45) is 0 Å². The van der Waals surface area contributed by atoms with E-state index in [4.69, 9.17) is 10.5 Å². The predicted octanol–water partition coefficient (Wildman–Crippen LogP) is 2.44. The standard InChI is InChI=1S/C11H9FN2O3S/c1-16-10(15)7-3-2-6(4-8(7)12)17-9-5-14-11(13)18-9/h2-5H,1H3,(H2,13,14). The topological polar surface area (TPSA) is 74.4 Å². The molecule has 0 unspecified atom stereocenters. The van der Waals surface area contributed by atoms with Crippen LogP contribution in [0.3, 0.4) is 0 Å². The molecule has 18 heavy (non-hydrogen) atoms. The van der Waals surface area contributed by atoms with E-state index >= 15 is 0 Å². The van der Waals surface area contributed by atoms with Crippen LogP contribution < -0.4 is 10.5 Å². The smallest absolute Gasteiger partial charge is 0.340 e. The molecule has 0 atom stereocenters. The summed E-state index contributed by atoms with van der Waals surface area (Å²) in [6.45, 7) is 0. The highest BCUT2D eigenvalue weighted by Gasteiger charge is 2.13. The van der Waals surface area contributed by atoms with Crippen molar-refractivity contribution in [3.8, 4) is 10.8 Å². The number of anilines is 1. The molecule has 1 aromatic heterocycles. The lowest BCUT2D eigenvalue weighted by atomic mass is 10.2. The number of carbonyl (C=O) groups excluding carboxylic acids is 1. The monoisotopic (exact) mass is 268 g/mol. The summed E-state index contributed by atoms with van der Waals surface area (Å²) in [5, 5.41) is 0.800. The first-order valence-corrected chi connectivity index (χ1v) is 5.69. The molecule has 2 rings (SSSR count). The summed E-state index contributed by atoms with van der Waals surface area (Å²) in [5.41, 5.74) is 5.29. The second-order valence-electron chi connectivity index (χ2n) is 3.25. The van der Waals surface area contributed by atoms with E-state index in [1.54, 1.807) is 0 Å². The molecular formula is C11H9FN2O3S. The summed E-state index contributed by atoms with van der Waals surface area (Å²) in [5.74, 6) is -1.19. The van der Waals surface area contributed by atoms with E-state index in [2.05, 4.69) is 9.72 Å². The maximum atomic E-state index is 13.6. The average molecular weight is 268 g/mol. The van der Waals surface area contributed by atoms with Gasteiger partial charge in [0.05, 0.1) is 18.9 Å². The summed E-state index contributed by atoms with van der Waals surface area (Å²) in [6.07, 6.45) is 1.44. The van der Waals surface area contributed by atoms with Gasteiger partial charge in [0, 0.05) is 6.07 Å². The number of carbonyl (C=O) groups is 1. The number of rotatable bonds is 3. The van der Waals surface area contributed by atoms with Gasteiger partial charge in [0.25, 0.3) is 0 Å². The Morgan fingerprint density at radius 2 is 2.28 bits per heavy atom. The molecule has 0 aliphatic carbocycles. The molecule has 0 bridgehead atoms. The highest BCUT2D eigenvalue weighted by atomic mass is 32.1. The van der Waals surface area contributed by atoms with E-state index in [9.17, 15) is 9.18 Å². The first-order chi connectivity index (χ1) is 8.60. The molecule has 7 heteroatoms. The van der Waals surface area contributed by atoms with Gasteiger partial charge >= 0.3 is 5.97 Å². The number of benzene rings is 1. The third-order valence-corrected chi connectivity index (χ3v) is 2.77. The van der Waals surface area contributed by atoms with Gasteiger partial charge in [-0.05, 0) is 12.1 Å². The fraction of sp³-hybridized carbons (Fsp3) is 0.0909. The Hall–Kier alpha value is -2.15. The summed E-state index contributed by atoms with van der Waals surface area (Å²) < 4.78 is 23.3. The van der Waals surface area contributed by atoms with E-state index in [0.29, 0.717) is 10.2 Å². The van der Waals surface area contributed by atoms with Crippen LogP contribution in [0.4, 0.5) is 9.52 Å². The molecule has 1 heterocycles. The molecule has 94 valence electrons. The summed E-state index contributed by atoms with van der Waals surface area (Å²) >= 11 is 1.13. The number of aromatic nitrogens is 1. The number of hydrogen-bond donors (Lipinski definition) is 1. The molecule has 2 aromatic rings. The average Bonchev–Trinajstić information content (AvgIpc) is 2.74. The van der Waals surface area contributed by atoms with Crippen molar-refractivity contribution < 1.29 is 18.7 Å². The SMILES string of the molecule is COC(=O)c1ccc(Oc2cnc(N)s2)cc1F. The number of thiazole rings is 1. The van der Waals surface area contributed by atoms with Crippen molar-refractivity contribution in [1.82, 2.24) is 4.98 Å². The zero-order chi connectivity index (χ0) is 13.1. The molecule has 0 amide bonds. The third-order valence-electron chi connectivity index (χ3n) is 2.07. The summed E-state index contributed by atoms with van der Waals surface area (Å²) in [4.78, 5) is 15.0. The lowest BCUT2D eigenvalue weighted by molar-refractivity contribution is 0.0595. The molecule has 2 N–H and O–H groups in total. The first-order valence-electron chi connectivity index (χ1n) is 4.87. The predicted molar refractivity (Wildman–Crippen MR) is 64.3 cm³/mol. The molecule has 0 aliphatic rings. The normalized spacial score (nSPS) is 10.1. The summed E-state index contributed by atoms with van der Waals surface area (Å²) in [7, 11) is 1.19. The number of halogens is 1. The highest BCUT2D eigenvalue weighted by molar-refractivity contribution is 7.17. The van der Waals surface area contributed by atoms with Crippen LogP contribution in [0, 0.1) is 5.82 Å². The van der Waals surface area contributed by atoms with Crippen LogP contribution in [-0.4, -0.2) is 18.1 Å². The molecule has 5 nitrogen and oxygen atoms in total. The molecule has 0 saturated carbocycles. The zero-order valence-electron chi connectivity index (χ0n) is 9.34. The Bertz CT molecular complexity index is 585. The van der Waals surface area contributed by atoms with Gasteiger partial charge in [0.15, 0.2) is 5.13 Å². The maximum absolute atomic E-state index is 13.6. The Morgan fingerprint density at radius 1 is 1.50 bits per heavy atom. The van der Waals surface area contributed by atoms with Gasteiger partial charge in [-0.3, -0.25) is 0 Å². The Morgan fingerprint density at radius 3 is 2.83 bits per heavy atom. The fourth-order valence-corrected chi connectivity index (χ4v) is 1.83. The summed E-state index contributed by atoms with van der Waals surface area (Å²) in [6, 6.07) is 3.86. The second kappa shape index (κ2) is 5.01. The first kappa shape index (κ1) is 12.3. The van der Waals surface area contributed by atoms with Crippen molar-refractivity contribution in [1.29, 1.82) is 0 Å². The number of nitrogens with two attached hydrogens (primary N) is 1. The molecule has 0 radical (unpaired) electrons. The van der Waals surface area contributed by atoms with Crippen molar-refractivity contribution in [3.63, 3.8) is 0 Å². The Balaban J connectivity index is 2.21. The molecular weight excluding hydrogens is 259 g/mol. The van der Waals surface area contributed by atoms with Crippen LogP contribution in [0.5, 0.6) is 10.8 Å². The van der Waals surface area contributed by atoms with Gasteiger partial charge in [-0.25, -0.2) is 14.2 Å². The van der Waals surface area contributed by atoms with Gasteiger partial charge < -0.3 is 15.2 Å². The second-order valence-corrected chi connectivity index (χ2v) is 4.28. The quantitative estimate of drug-likeness (QED) is 0.865. The Labute approximate surface area is 106 Å². The van der Waals surface area contributed by atoms with Crippen molar-refractivity contribution in [2.45, 2.75) is 0 Å². The van der Waals surface area contributed by atoms with Crippen LogP contribution in [0.15, 0.2) is 24.4 Å². The van der Waals surface area contributed by atoms with Gasteiger partial charge in [-0.2, -0.15) is 0 Å². The highest BCUT2D eigenvalue weighted by Crippen LogP contribution is 2.29. The molecule has 0 saturated heterocycles. The number of esters is 1. The molecule has 0 aliphatic heterocycles. The van der Waals surface area contributed by atoms with Crippen molar-refractivity contribution >= 4 is 22.4 Å². The van der Waals surface area contributed by atoms with Crippen LogP contribution in [0.1, 0.15) is 10.4 Å². The fourth-order valence-electron chi connectivity index (χ4n) is 1.27.